The lowest BCUT2D eigenvalue weighted by atomic mass is 10.2. The number of hydrogen-bond acceptors (Lipinski definition) is 6. The molecular formula is C14H22N4O3. The predicted octanol–water partition coefficient (Wildman–Crippen LogP) is 1.77. The van der Waals surface area contributed by atoms with Crippen molar-refractivity contribution in [2.24, 2.45) is 0 Å². The summed E-state index contributed by atoms with van der Waals surface area (Å²) in [6.07, 6.45) is 0. The van der Waals surface area contributed by atoms with Gasteiger partial charge in [0, 0.05) is 32.7 Å². The van der Waals surface area contributed by atoms with Gasteiger partial charge in [-0.25, -0.2) is 0 Å². The average molecular weight is 294 g/mol. The number of anilines is 2. The van der Waals surface area contributed by atoms with Crippen molar-refractivity contribution in [3.8, 4) is 0 Å². The summed E-state index contributed by atoms with van der Waals surface area (Å²) in [6, 6.07) is 5.38. The minimum absolute atomic E-state index is 0.0915. The van der Waals surface area contributed by atoms with Crippen LogP contribution in [0.3, 0.4) is 0 Å². The van der Waals surface area contributed by atoms with E-state index in [1.54, 1.807) is 19.2 Å². The van der Waals surface area contributed by atoms with Gasteiger partial charge in [-0.3, -0.25) is 15.0 Å². The number of nitrogens with one attached hydrogen (secondary N) is 2. The molecule has 1 aromatic carbocycles. The van der Waals surface area contributed by atoms with Crippen LogP contribution in [0.15, 0.2) is 18.2 Å². The van der Waals surface area contributed by atoms with Crippen LogP contribution in [0, 0.1) is 10.1 Å². The molecule has 1 aliphatic rings. The molecule has 0 spiro atoms. The summed E-state index contributed by atoms with van der Waals surface area (Å²) in [4.78, 5) is 13.2. The molecule has 1 unspecified atom stereocenters. The maximum Gasteiger partial charge on any atom is 0.315 e. The molecular weight excluding hydrogens is 272 g/mol. The smallest absolute Gasteiger partial charge is 0.315 e. The second-order valence-electron chi connectivity index (χ2n) is 5.17. The van der Waals surface area contributed by atoms with Gasteiger partial charge < -0.3 is 15.4 Å². The fourth-order valence-corrected chi connectivity index (χ4v) is 2.54. The standard InChI is InChI=1S/C14H22N4O3/c1-11(10-17-6-8-21-9-7-17)16-13-5-3-4-12(15-2)14(13)18(19)20/h3-5,11,15-16H,6-10H2,1-2H3. The Balaban J connectivity index is 2.05. The molecule has 21 heavy (non-hydrogen) atoms. The number of hydrogen-bond donors (Lipinski definition) is 2. The Labute approximate surface area is 124 Å². The first-order valence-electron chi connectivity index (χ1n) is 7.13. The maximum atomic E-state index is 11.3. The first-order valence-corrected chi connectivity index (χ1v) is 7.13. The Hall–Kier alpha value is -1.86. The fraction of sp³-hybridized carbons (Fsp3) is 0.571. The maximum absolute atomic E-state index is 11.3. The molecule has 1 aromatic rings. The van der Waals surface area contributed by atoms with Crippen molar-refractivity contribution in [3.05, 3.63) is 28.3 Å². The number of morpholine rings is 1. The van der Waals surface area contributed by atoms with Crippen molar-refractivity contribution in [3.63, 3.8) is 0 Å². The van der Waals surface area contributed by atoms with Gasteiger partial charge in [0.25, 0.3) is 0 Å². The van der Waals surface area contributed by atoms with Gasteiger partial charge in [-0.15, -0.1) is 0 Å². The number of nitrogens with zero attached hydrogens (tertiary/aromatic N) is 2. The van der Waals surface area contributed by atoms with Gasteiger partial charge >= 0.3 is 5.69 Å². The minimum Gasteiger partial charge on any atom is -0.382 e. The van der Waals surface area contributed by atoms with Gasteiger partial charge in [-0.1, -0.05) is 6.07 Å². The van der Waals surface area contributed by atoms with Crippen LogP contribution < -0.4 is 10.6 Å². The molecule has 1 heterocycles. The van der Waals surface area contributed by atoms with Crippen LogP contribution in [0.25, 0.3) is 0 Å². The molecule has 0 amide bonds. The number of para-hydroxylation sites is 1. The van der Waals surface area contributed by atoms with Crippen molar-refractivity contribution < 1.29 is 9.66 Å². The van der Waals surface area contributed by atoms with Crippen LogP contribution in [-0.4, -0.2) is 55.8 Å². The van der Waals surface area contributed by atoms with E-state index in [1.165, 1.54) is 0 Å². The van der Waals surface area contributed by atoms with E-state index < -0.39 is 0 Å². The monoisotopic (exact) mass is 294 g/mol. The fourth-order valence-electron chi connectivity index (χ4n) is 2.54. The molecule has 7 heteroatoms. The lowest BCUT2D eigenvalue weighted by molar-refractivity contribution is -0.383. The molecule has 1 saturated heterocycles. The van der Waals surface area contributed by atoms with Gasteiger partial charge in [0.2, 0.25) is 0 Å². The van der Waals surface area contributed by atoms with Crippen molar-refractivity contribution >= 4 is 17.1 Å². The van der Waals surface area contributed by atoms with E-state index in [0.29, 0.717) is 11.4 Å². The van der Waals surface area contributed by atoms with Crippen LogP contribution in [-0.2, 0) is 4.74 Å². The molecule has 0 aromatic heterocycles. The normalized spacial score (nSPS) is 17.2. The Morgan fingerprint density at radius 2 is 2.05 bits per heavy atom. The van der Waals surface area contributed by atoms with Gasteiger partial charge in [0.05, 0.1) is 18.1 Å². The van der Waals surface area contributed by atoms with E-state index in [0.717, 1.165) is 32.8 Å². The van der Waals surface area contributed by atoms with Crippen LogP contribution in [0.1, 0.15) is 6.92 Å². The molecule has 2 N–H and O–H groups in total. The molecule has 1 fully saturated rings. The Morgan fingerprint density at radius 1 is 1.38 bits per heavy atom. The summed E-state index contributed by atoms with van der Waals surface area (Å²) >= 11 is 0. The van der Waals surface area contributed by atoms with Crippen LogP contribution in [0.2, 0.25) is 0 Å². The van der Waals surface area contributed by atoms with E-state index in [2.05, 4.69) is 15.5 Å². The van der Waals surface area contributed by atoms with Crippen molar-refractivity contribution in [1.29, 1.82) is 0 Å². The van der Waals surface area contributed by atoms with Gasteiger partial charge in [-0.2, -0.15) is 0 Å². The highest BCUT2D eigenvalue weighted by molar-refractivity contribution is 5.76. The molecule has 0 aliphatic carbocycles. The van der Waals surface area contributed by atoms with E-state index in [1.807, 2.05) is 13.0 Å². The van der Waals surface area contributed by atoms with Gasteiger partial charge in [0.1, 0.15) is 11.4 Å². The summed E-state index contributed by atoms with van der Waals surface area (Å²) in [5.41, 5.74) is 1.16. The minimum atomic E-state index is -0.352. The number of rotatable bonds is 6. The quantitative estimate of drug-likeness (QED) is 0.615. The summed E-state index contributed by atoms with van der Waals surface area (Å²) in [6.45, 7) is 6.19. The largest absolute Gasteiger partial charge is 0.382 e. The van der Waals surface area contributed by atoms with E-state index >= 15 is 0 Å². The van der Waals surface area contributed by atoms with Crippen LogP contribution in [0.5, 0.6) is 0 Å². The van der Waals surface area contributed by atoms with Crippen LogP contribution in [0.4, 0.5) is 17.1 Å². The summed E-state index contributed by atoms with van der Waals surface area (Å²) in [7, 11) is 1.68. The third-order valence-corrected chi connectivity index (χ3v) is 3.53. The average Bonchev–Trinajstić information content (AvgIpc) is 2.47. The van der Waals surface area contributed by atoms with Gasteiger partial charge in [0.15, 0.2) is 0 Å². The molecule has 116 valence electrons. The lowest BCUT2D eigenvalue weighted by Crippen LogP contribution is -2.42. The first kappa shape index (κ1) is 15.5. The van der Waals surface area contributed by atoms with Crippen LogP contribution >= 0.6 is 0 Å². The highest BCUT2D eigenvalue weighted by atomic mass is 16.6. The Bertz CT molecular complexity index is 489. The first-order chi connectivity index (χ1) is 10.1. The van der Waals surface area contributed by atoms with Crippen molar-refractivity contribution in [2.45, 2.75) is 13.0 Å². The Morgan fingerprint density at radius 3 is 2.67 bits per heavy atom. The second kappa shape index (κ2) is 7.24. The Kier molecular flexibility index (Phi) is 5.35. The zero-order valence-electron chi connectivity index (χ0n) is 12.5. The zero-order chi connectivity index (χ0) is 15.2. The number of nitro groups is 1. The summed E-state index contributed by atoms with van der Waals surface area (Å²) < 4.78 is 5.32. The highest BCUT2D eigenvalue weighted by Gasteiger charge is 2.21. The number of benzene rings is 1. The van der Waals surface area contributed by atoms with E-state index in [9.17, 15) is 10.1 Å². The molecule has 1 aliphatic heterocycles. The summed E-state index contributed by atoms with van der Waals surface area (Å²) in [5.74, 6) is 0. The van der Waals surface area contributed by atoms with Gasteiger partial charge in [-0.05, 0) is 19.1 Å². The topological polar surface area (TPSA) is 79.7 Å². The molecule has 0 radical (unpaired) electrons. The number of ether oxygens (including phenoxy) is 1. The molecule has 1 atom stereocenters. The summed E-state index contributed by atoms with van der Waals surface area (Å²) in [5, 5.41) is 17.4. The van der Waals surface area contributed by atoms with E-state index in [-0.39, 0.29) is 16.7 Å². The molecule has 7 nitrogen and oxygen atoms in total. The molecule has 0 bridgehead atoms. The predicted molar refractivity (Wildman–Crippen MR) is 83.0 cm³/mol. The van der Waals surface area contributed by atoms with E-state index in [4.69, 9.17) is 4.74 Å². The lowest BCUT2D eigenvalue weighted by Gasteiger charge is -2.29. The second-order valence-corrected chi connectivity index (χ2v) is 5.17. The zero-order valence-corrected chi connectivity index (χ0v) is 12.5. The highest BCUT2D eigenvalue weighted by Crippen LogP contribution is 2.32. The molecule has 0 saturated carbocycles. The third kappa shape index (κ3) is 4.05. The van der Waals surface area contributed by atoms with Crippen molar-refractivity contribution in [1.82, 2.24) is 4.90 Å². The van der Waals surface area contributed by atoms with Crippen molar-refractivity contribution in [2.75, 3.05) is 50.5 Å². The SMILES string of the molecule is CNc1cccc(NC(C)CN2CCOCC2)c1[N+](=O)[O-]. The number of nitro benzene ring substituents is 1. The third-order valence-electron chi connectivity index (χ3n) is 3.53. The molecule has 2 rings (SSSR count).